The van der Waals surface area contributed by atoms with Crippen LogP contribution in [0.5, 0.6) is 5.75 Å². The number of anilines is 1. The summed E-state index contributed by atoms with van der Waals surface area (Å²) in [6.45, 7) is 4.89. The predicted octanol–water partition coefficient (Wildman–Crippen LogP) is 7.62. The topological polar surface area (TPSA) is 64.8 Å². The van der Waals surface area contributed by atoms with Gasteiger partial charge in [0.2, 0.25) is 11.8 Å². The zero-order valence-electron chi connectivity index (χ0n) is 23.4. The van der Waals surface area contributed by atoms with Crippen LogP contribution in [0.4, 0.5) is 5.69 Å². The molecule has 206 valence electrons. The summed E-state index contributed by atoms with van der Waals surface area (Å²) in [5.41, 5.74) is 5.33. The average molecular weight is 529 g/mol. The molecule has 2 aliphatic heterocycles. The molecule has 0 spiro atoms. The fraction of sp³-hybridized carbons (Fsp3) is 0.515. The summed E-state index contributed by atoms with van der Waals surface area (Å²) in [6, 6.07) is 14.9. The number of fused-ring (bicyclic) bond motifs is 4. The van der Waals surface area contributed by atoms with Gasteiger partial charge in [0.25, 0.3) is 0 Å². The van der Waals surface area contributed by atoms with E-state index in [4.69, 9.17) is 18.9 Å². The minimum Gasteiger partial charge on any atom is -0.496 e. The van der Waals surface area contributed by atoms with E-state index in [2.05, 4.69) is 42.2 Å². The molecule has 0 saturated heterocycles. The number of benzene rings is 2. The van der Waals surface area contributed by atoms with Gasteiger partial charge in [-0.1, -0.05) is 24.3 Å². The van der Waals surface area contributed by atoms with Gasteiger partial charge in [-0.05, 0) is 106 Å². The number of methoxy groups -OCH3 is 1. The van der Waals surface area contributed by atoms with Crippen molar-refractivity contribution in [2.45, 2.75) is 83.3 Å². The maximum Gasteiger partial charge on any atom is 0.230 e. The summed E-state index contributed by atoms with van der Waals surface area (Å²) in [7, 11) is 1.73. The first kappa shape index (κ1) is 26.1. The molecule has 3 heterocycles. The second kappa shape index (κ2) is 11.2. The van der Waals surface area contributed by atoms with Crippen LogP contribution in [0.2, 0.25) is 0 Å². The summed E-state index contributed by atoms with van der Waals surface area (Å²) in [4.78, 5) is 20.9. The van der Waals surface area contributed by atoms with Crippen molar-refractivity contribution in [3.63, 3.8) is 0 Å². The number of oxazole rings is 1. The number of amides is 1. The third-order valence-electron chi connectivity index (χ3n) is 9.19. The van der Waals surface area contributed by atoms with E-state index in [0.717, 1.165) is 80.6 Å². The van der Waals surface area contributed by atoms with Gasteiger partial charge in [-0.2, -0.15) is 0 Å². The Labute approximate surface area is 231 Å². The summed E-state index contributed by atoms with van der Waals surface area (Å²) in [6.07, 6.45) is 9.75. The molecule has 4 aliphatic rings. The van der Waals surface area contributed by atoms with Crippen LogP contribution in [0.1, 0.15) is 87.3 Å². The Kier molecular flexibility index (Phi) is 7.48. The Morgan fingerprint density at radius 3 is 2.49 bits per heavy atom. The first-order valence-electron chi connectivity index (χ1n) is 14.7. The summed E-state index contributed by atoms with van der Waals surface area (Å²) < 4.78 is 17.6. The lowest BCUT2D eigenvalue weighted by Gasteiger charge is -2.36. The zero-order valence-corrected chi connectivity index (χ0v) is 23.4. The van der Waals surface area contributed by atoms with Crippen LogP contribution in [0, 0.1) is 18.8 Å². The van der Waals surface area contributed by atoms with E-state index in [9.17, 15) is 4.79 Å². The minimum absolute atomic E-state index is 0.0508. The van der Waals surface area contributed by atoms with Crippen molar-refractivity contribution in [2.75, 3.05) is 18.6 Å². The number of aryl methyl sites for hydroxylation is 1. The molecule has 3 aromatic rings. The predicted molar refractivity (Wildman–Crippen MR) is 152 cm³/mol. The Morgan fingerprint density at radius 2 is 1.74 bits per heavy atom. The first-order valence-corrected chi connectivity index (χ1v) is 14.7. The molecular formula is C33H40N2O4. The van der Waals surface area contributed by atoms with E-state index < -0.39 is 0 Å². The van der Waals surface area contributed by atoms with Crippen LogP contribution in [0.15, 0.2) is 53.1 Å². The van der Waals surface area contributed by atoms with E-state index >= 15 is 0 Å². The Hall–Kier alpha value is -3.12. The van der Waals surface area contributed by atoms with Crippen molar-refractivity contribution in [2.24, 2.45) is 11.8 Å². The van der Waals surface area contributed by atoms with E-state index in [-0.39, 0.29) is 24.0 Å². The molecule has 6 heteroatoms. The monoisotopic (exact) mass is 528 g/mol. The quantitative estimate of drug-likeness (QED) is 0.349. The Bertz CT molecular complexity index is 1300. The fourth-order valence-electron chi connectivity index (χ4n) is 6.87. The van der Waals surface area contributed by atoms with Crippen molar-refractivity contribution in [1.82, 2.24) is 4.98 Å². The number of rotatable bonds is 4. The third kappa shape index (κ3) is 5.49. The molecule has 7 rings (SSSR count). The molecule has 1 atom stereocenters. The summed E-state index contributed by atoms with van der Waals surface area (Å²) in [5, 5.41) is 0. The number of carbonyl (C=O) groups excluding carboxylic acids is 1. The van der Waals surface area contributed by atoms with Gasteiger partial charge in [0.15, 0.2) is 0 Å². The molecule has 6 bridgehead atoms. The molecule has 2 aliphatic carbocycles. The van der Waals surface area contributed by atoms with Gasteiger partial charge in [0, 0.05) is 23.7 Å². The molecule has 2 aromatic carbocycles. The number of carbonyl (C=O) groups is 1. The fourth-order valence-corrected chi connectivity index (χ4v) is 6.87. The van der Waals surface area contributed by atoms with E-state index in [1.165, 1.54) is 11.1 Å². The number of hydrogen-bond acceptors (Lipinski definition) is 5. The first-order chi connectivity index (χ1) is 19.0. The van der Waals surface area contributed by atoms with E-state index in [1.54, 1.807) is 13.4 Å². The largest absolute Gasteiger partial charge is 0.496 e. The normalized spacial score (nSPS) is 27.3. The van der Waals surface area contributed by atoms with Crippen molar-refractivity contribution in [3.8, 4) is 17.0 Å². The maximum absolute atomic E-state index is 14.1. The molecule has 0 N–H and O–H groups in total. The Morgan fingerprint density at radius 1 is 0.974 bits per heavy atom. The second-order valence-electron chi connectivity index (χ2n) is 11.8. The van der Waals surface area contributed by atoms with Gasteiger partial charge in [-0.25, -0.2) is 4.98 Å². The number of hydrogen-bond donors (Lipinski definition) is 0. The van der Waals surface area contributed by atoms with Crippen LogP contribution in [0.25, 0.3) is 11.3 Å². The highest BCUT2D eigenvalue weighted by Crippen LogP contribution is 2.39. The van der Waals surface area contributed by atoms with Crippen LogP contribution < -0.4 is 9.64 Å². The standard InChI is InChI=1S/C33H40N2O4/c1-21-17-26(13-16-31(21)37-3)24-9-7-23(8-10-24)19-35-28-6-4-5-27(18-28)30-20-38-32(34-30)22(2)39-29-14-11-25(12-15-29)33(35)36/h4-6,13,16-18,20,22-25,29H,7-12,14-15,19H2,1-3H3. The molecule has 1 amide bonds. The molecular weight excluding hydrogens is 488 g/mol. The van der Waals surface area contributed by atoms with Gasteiger partial charge in [-0.3, -0.25) is 4.79 Å². The highest BCUT2D eigenvalue weighted by molar-refractivity contribution is 5.95. The minimum atomic E-state index is -0.199. The third-order valence-corrected chi connectivity index (χ3v) is 9.19. The van der Waals surface area contributed by atoms with Crippen molar-refractivity contribution in [1.29, 1.82) is 0 Å². The van der Waals surface area contributed by atoms with Crippen molar-refractivity contribution in [3.05, 3.63) is 65.7 Å². The number of aromatic nitrogens is 1. The maximum atomic E-state index is 14.1. The van der Waals surface area contributed by atoms with Gasteiger partial charge in [-0.15, -0.1) is 0 Å². The summed E-state index contributed by atoms with van der Waals surface area (Å²) in [5.74, 6) is 2.95. The number of nitrogens with zero attached hydrogens (tertiary/aromatic N) is 2. The highest BCUT2D eigenvalue weighted by Gasteiger charge is 2.34. The SMILES string of the molecule is COc1ccc(C2CCC(CN3C(=O)C4CCC(CC4)OC(C)c4nc(co4)-c4cccc3c4)CC2)cc1C. The molecule has 2 fully saturated rings. The smallest absolute Gasteiger partial charge is 0.230 e. The molecule has 6 nitrogen and oxygen atoms in total. The molecule has 1 aromatic heterocycles. The van der Waals surface area contributed by atoms with Crippen molar-refractivity contribution >= 4 is 11.6 Å². The molecule has 0 radical (unpaired) electrons. The van der Waals surface area contributed by atoms with E-state index in [1.807, 2.05) is 19.1 Å². The molecule has 39 heavy (non-hydrogen) atoms. The Balaban J connectivity index is 1.23. The van der Waals surface area contributed by atoms with Crippen LogP contribution in [0.3, 0.4) is 0 Å². The summed E-state index contributed by atoms with van der Waals surface area (Å²) >= 11 is 0. The van der Waals surface area contributed by atoms with Crippen LogP contribution >= 0.6 is 0 Å². The highest BCUT2D eigenvalue weighted by atomic mass is 16.5. The van der Waals surface area contributed by atoms with Crippen molar-refractivity contribution < 1.29 is 18.7 Å². The number of ether oxygens (including phenoxy) is 2. The molecule has 1 unspecified atom stereocenters. The lowest BCUT2D eigenvalue weighted by atomic mass is 9.78. The van der Waals surface area contributed by atoms with Gasteiger partial charge < -0.3 is 18.8 Å². The lowest BCUT2D eigenvalue weighted by Crippen LogP contribution is -2.42. The zero-order chi connectivity index (χ0) is 26.9. The van der Waals surface area contributed by atoms with Crippen LogP contribution in [-0.2, 0) is 9.53 Å². The lowest BCUT2D eigenvalue weighted by molar-refractivity contribution is -0.125. The van der Waals surface area contributed by atoms with E-state index in [0.29, 0.717) is 17.7 Å². The average Bonchev–Trinajstić information content (AvgIpc) is 3.47. The van der Waals surface area contributed by atoms with Gasteiger partial charge in [0.05, 0.1) is 13.2 Å². The van der Waals surface area contributed by atoms with Crippen LogP contribution in [-0.4, -0.2) is 30.6 Å². The van der Waals surface area contributed by atoms with Gasteiger partial charge >= 0.3 is 0 Å². The second-order valence-corrected chi connectivity index (χ2v) is 11.8. The molecule has 2 saturated carbocycles. The van der Waals surface area contributed by atoms with Gasteiger partial charge in [0.1, 0.15) is 23.8 Å².